The van der Waals surface area contributed by atoms with Gasteiger partial charge in [0.25, 0.3) is 0 Å². The second kappa shape index (κ2) is 5.65. The predicted octanol–water partition coefficient (Wildman–Crippen LogP) is 2.53. The number of nitrogens with one attached hydrogen (secondary N) is 2. The fourth-order valence-electron chi connectivity index (χ4n) is 3.92. The number of hydrogen-bond acceptors (Lipinski definition) is 3. The monoisotopic (exact) mass is 310 g/mol. The number of amides is 2. The van der Waals surface area contributed by atoms with Crippen molar-refractivity contribution in [3.05, 3.63) is 0 Å². The van der Waals surface area contributed by atoms with Crippen molar-refractivity contribution < 1.29 is 9.53 Å². The highest BCUT2D eigenvalue weighted by Crippen LogP contribution is 2.44. The van der Waals surface area contributed by atoms with Crippen LogP contribution in [-0.4, -0.2) is 41.8 Å². The van der Waals surface area contributed by atoms with Crippen molar-refractivity contribution >= 4 is 17.8 Å². The molecule has 4 rings (SSSR count). The molecule has 2 heterocycles. The van der Waals surface area contributed by atoms with Crippen molar-refractivity contribution in [1.29, 1.82) is 0 Å². The number of ether oxygens (including phenoxy) is 1. The first-order valence-corrected chi connectivity index (χ1v) is 9.68. The molecule has 4 nitrogen and oxygen atoms in total. The van der Waals surface area contributed by atoms with Gasteiger partial charge in [-0.2, -0.15) is 11.8 Å². The molecule has 2 aliphatic carbocycles. The van der Waals surface area contributed by atoms with Gasteiger partial charge in [-0.05, 0) is 62.5 Å². The van der Waals surface area contributed by atoms with E-state index in [0.29, 0.717) is 6.04 Å². The topological polar surface area (TPSA) is 50.4 Å². The Kier molecular flexibility index (Phi) is 3.82. The van der Waals surface area contributed by atoms with Crippen LogP contribution in [0, 0.1) is 11.8 Å². The third-order valence-corrected chi connectivity index (χ3v) is 6.68. The third kappa shape index (κ3) is 3.34. The molecule has 118 valence electrons. The van der Waals surface area contributed by atoms with Crippen LogP contribution in [0.2, 0.25) is 0 Å². The van der Waals surface area contributed by atoms with E-state index in [1.807, 2.05) is 11.8 Å². The van der Waals surface area contributed by atoms with Crippen molar-refractivity contribution in [2.45, 2.75) is 62.6 Å². The van der Waals surface area contributed by atoms with Crippen molar-refractivity contribution in [2.75, 3.05) is 18.1 Å². The molecule has 0 aromatic rings. The van der Waals surface area contributed by atoms with E-state index in [9.17, 15) is 4.79 Å². The largest absolute Gasteiger partial charge is 0.374 e. The number of hydrogen-bond donors (Lipinski definition) is 2. The van der Waals surface area contributed by atoms with E-state index in [0.717, 1.165) is 43.5 Å². The molecule has 0 bridgehead atoms. The summed E-state index contributed by atoms with van der Waals surface area (Å²) in [6, 6.07) is 0.795. The summed E-state index contributed by atoms with van der Waals surface area (Å²) in [4.78, 5) is 12.3. The predicted molar refractivity (Wildman–Crippen MR) is 84.6 cm³/mol. The van der Waals surface area contributed by atoms with Gasteiger partial charge in [0.15, 0.2) is 0 Å². The highest BCUT2D eigenvalue weighted by atomic mass is 32.2. The molecule has 4 fully saturated rings. The van der Waals surface area contributed by atoms with E-state index in [-0.39, 0.29) is 17.7 Å². The maximum absolute atomic E-state index is 12.3. The van der Waals surface area contributed by atoms with Crippen LogP contribution < -0.4 is 10.6 Å². The number of thioether (sulfide) groups is 1. The van der Waals surface area contributed by atoms with E-state index in [1.165, 1.54) is 31.4 Å². The van der Waals surface area contributed by atoms with Gasteiger partial charge in [0.05, 0.1) is 5.60 Å². The summed E-state index contributed by atoms with van der Waals surface area (Å²) in [7, 11) is 0. The summed E-state index contributed by atoms with van der Waals surface area (Å²) in [5.74, 6) is 3.82. The van der Waals surface area contributed by atoms with Crippen LogP contribution in [0.15, 0.2) is 0 Å². The Labute approximate surface area is 131 Å². The molecule has 0 radical (unpaired) electrons. The molecule has 2 aliphatic heterocycles. The van der Waals surface area contributed by atoms with Crippen LogP contribution in [0.4, 0.5) is 4.79 Å². The van der Waals surface area contributed by atoms with Gasteiger partial charge in [0.1, 0.15) is 0 Å². The molecule has 2 atom stereocenters. The minimum atomic E-state index is 0.0489. The molecular weight excluding hydrogens is 284 g/mol. The van der Waals surface area contributed by atoms with E-state index < -0.39 is 0 Å². The van der Waals surface area contributed by atoms with Gasteiger partial charge in [-0.25, -0.2) is 4.79 Å². The van der Waals surface area contributed by atoms with Crippen LogP contribution in [0.25, 0.3) is 0 Å². The number of carbonyl (C=O) groups excluding carboxylic acids is 1. The Morgan fingerprint density at radius 1 is 1.19 bits per heavy atom. The molecule has 2 amide bonds. The lowest BCUT2D eigenvalue weighted by atomic mass is 9.90. The SMILES string of the molecule is O=C(NC(C1CC1)C1CC1)N[C@@H]1CCO[C@@]2(CCSC2)C1. The molecule has 4 aliphatic rings. The summed E-state index contributed by atoms with van der Waals surface area (Å²) >= 11 is 1.98. The molecule has 2 saturated carbocycles. The van der Waals surface area contributed by atoms with Crippen molar-refractivity contribution in [3.63, 3.8) is 0 Å². The second-order valence-corrected chi connectivity index (χ2v) is 8.45. The normalized spacial score (nSPS) is 36.1. The van der Waals surface area contributed by atoms with Crippen LogP contribution in [0.5, 0.6) is 0 Å². The zero-order valence-electron chi connectivity index (χ0n) is 12.6. The Bertz CT molecular complexity index is 391. The van der Waals surface area contributed by atoms with Gasteiger partial charge < -0.3 is 15.4 Å². The van der Waals surface area contributed by atoms with Gasteiger partial charge in [-0.1, -0.05) is 0 Å². The molecule has 1 spiro atoms. The van der Waals surface area contributed by atoms with Crippen LogP contribution in [0.3, 0.4) is 0 Å². The first-order chi connectivity index (χ1) is 10.2. The minimum absolute atomic E-state index is 0.0489. The standard InChI is InChI=1S/C16H26N2O2S/c19-15(18-14(11-1-2-11)12-3-4-12)17-13-5-7-20-16(9-13)6-8-21-10-16/h11-14H,1-10H2,(H2,17,18,19)/t13-,16+/m1/s1. The number of rotatable bonds is 4. The van der Waals surface area contributed by atoms with E-state index in [4.69, 9.17) is 4.74 Å². The molecule has 0 unspecified atom stereocenters. The fourth-order valence-corrected chi connectivity index (χ4v) is 5.30. The van der Waals surface area contributed by atoms with Gasteiger partial charge in [0.2, 0.25) is 0 Å². The summed E-state index contributed by atoms with van der Waals surface area (Å²) < 4.78 is 6.02. The quantitative estimate of drug-likeness (QED) is 0.839. The molecule has 0 aromatic carbocycles. The van der Waals surface area contributed by atoms with E-state index in [1.54, 1.807) is 0 Å². The summed E-state index contributed by atoms with van der Waals surface area (Å²) in [6.07, 6.45) is 8.31. The molecule has 0 aromatic heterocycles. The first kappa shape index (κ1) is 14.2. The average molecular weight is 310 g/mol. The maximum Gasteiger partial charge on any atom is 0.315 e. The summed E-state index contributed by atoms with van der Waals surface area (Å²) in [6.45, 7) is 0.792. The Morgan fingerprint density at radius 2 is 1.95 bits per heavy atom. The van der Waals surface area contributed by atoms with Gasteiger partial charge in [-0.15, -0.1) is 0 Å². The molecule has 21 heavy (non-hydrogen) atoms. The Balaban J connectivity index is 1.29. The van der Waals surface area contributed by atoms with Gasteiger partial charge >= 0.3 is 6.03 Å². The second-order valence-electron chi connectivity index (χ2n) is 7.34. The lowest BCUT2D eigenvalue weighted by Gasteiger charge is -2.38. The maximum atomic E-state index is 12.3. The fraction of sp³-hybridized carbons (Fsp3) is 0.938. The highest BCUT2D eigenvalue weighted by molar-refractivity contribution is 7.99. The van der Waals surface area contributed by atoms with Crippen molar-refractivity contribution in [3.8, 4) is 0 Å². The zero-order chi connectivity index (χ0) is 14.3. The minimum Gasteiger partial charge on any atom is -0.374 e. The van der Waals surface area contributed by atoms with Crippen molar-refractivity contribution in [1.82, 2.24) is 10.6 Å². The zero-order valence-corrected chi connectivity index (χ0v) is 13.4. The number of urea groups is 1. The summed E-state index contributed by atoms with van der Waals surface area (Å²) in [5.41, 5.74) is 0.0489. The third-order valence-electron chi connectivity index (χ3n) is 5.45. The van der Waals surface area contributed by atoms with E-state index in [2.05, 4.69) is 10.6 Å². The number of carbonyl (C=O) groups is 1. The Hall–Kier alpha value is -0.420. The van der Waals surface area contributed by atoms with Gasteiger partial charge in [-0.3, -0.25) is 0 Å². The average Bonchev–Trinajstić information content (AvgIpc) is 3.37. The Morgan fingerprint density at radius 3 is 2.57 bits per heavy atom. The van der Waals surface area contributed by atoms with Crippen LogP contribution >= 0.6 is 11.8 Å². The highest BCUT2D eigenvalue weighted by Gasteiger charge is 2.43. The molecule has 2 saturated heterocycles. The van der Waals surface area contributed by atoms with Crippen molar-refractivity contribution in [2.24, 2.45) is 11.8 Å². The van der Waals surface area contributed by atoms with Crippen LogP contribution in [-0.2, 0) is 4.74 Å². The smallest absolute Gasteiger partial charge is 0.315 e. The lowest BCUT2D eigenvalue weighted by Crippen LogP contribution is -2.53. The van der Waals surface area contributed by atoms with Crippen LogP contribution in [0.1, 0.15) is 44.9 Å². The molecule has 5 heteroatoms. The lowest BCUT2D eigenvalue weighted by molar-refractivity contribution is -0.0684. The molecule has 2 N–H and O–H groups in total. The molecular formula is C16H26N2O2S. The van der Waals surface area contributed by atoms with Gasteiger partial charge in [0, 0.05) is 24.4 Å². The van der Waals surface area contributed by atoms with E-state index >= 15 is 0 Å². The first-order valence-electron chi connectivity index (χ1n) is 8.53. The summed E-state index contributed by atoms with van der Waals surface area (Å²) in [5, 5.41) is 6.50.